The first-order chi connectivity index (χ1) is 10.9. The molecule has 0 fully saturated rings. The van der Waals surface area contributed by atoms with Gasteiger partial charge in [-0.2, -0.15) is 0 Å². The Bertz CT molecular complexity index is 368. The van der Waals surface area contributed by atoms with Crippen LogP contribution >= 0.6 is 0 Å². The van der Waals surface area contributed by atoms with E-state index in [1.165, 1.54) is 0 Å². The van der Waals surface area contributed by atoms with E-state index in [9.17, 15) is 19.5 Å². The van der Waals surface area contributed by atoms with Gasteiger partial charge in [0.25, 0.3) is 0 Å². The van der Waals surface area contributed by atoms with Gasteiger partial charge in [0.15, 0.2) is 6.10 Å². The zero-order valence-corrected chi connectivity index (χ0v) is 13.4. The van der Waals surface area contributed by atoms with Crippen LogP contribution in [-0.2, 0) is 23.9 Å². The van der Waals surface area contributed by atoms with Crippen molar-refractivity contribution >= 4 is 17.9 Å². The Morgan fingerprint density at radius 1 is 0.913 bits per heavy atom. The molecule has 8 nitrogen and oxygen atoms in total. The lowest BCUT2D eigenvalue weighted by atomic mass is 10.1. The lowest BCUT2D eigenvalue weighted by molar-refractivity contribution is -0.159. The Morgan fingerprint density at radius 3 is 2.04 bits per heavy atom. The van der Waals surface area contributed by atoms with Gasteiger partial charge in [0.1, 0.15) is 19.3 Å². The molecular weight excluding hydrogens is 308 g/mol. The maximum absolute atomic E-state index is 11.4. The number of unbranched alkanes of at least 4 members (excludes halogenated alkanes) is 4. The summed E-state index contributed by atoms with van der Waals surface area (Å²) >= 11 is 0. The number of aliphatic hydroxyl groups is 2. The van der Waals surface area contributed by atoms with Crippen LogP contribution in [0.4, 0.5) is 0 Å². The molecular formula is C15H26O8. The molecule has 0 radical (unpaired) electrons. The molecule has 0 saturated heterocycles. The predicted octanol–water partition coefficient (Wildman–Crippen LogP) is 0.630. The molecule has 0 aromatic carbocycles. The Balaban J connectivity index is 3.69. The summed E-state index contributed by atoms with van der Waals surface area (Å²) in [5.74, 6) is -2.91. The van der Waals surface area contributed by atoms with Crippen LogP contribution in [0.1, 0.15) is 51.9 Å². The van der Waals surface area contributed by atoms with Gasteiger partial charge in [-0.15, -0.1) is 0 Å². The zero-order valence-electron chi connectivity index (χ0n) is 13.4. The molecule has 0 aromatic heterocycles. The minimum Gasteiger partial charge on any atom is -0.479 e. The third-order valence-corrected chi connectivity index (χ3v) is 3.00. The van der Waals surface area contributed by atoms with E-state index in [2.05, 4.69) is 11.7 Å². The quantitative estimate of drug-likeness (QED) is 0.330. The van der Waals surface area contributed by atoms with Crippen molar-refractivity contribution in [1.29, 1.82) is 0 Å². The lowest BCUT2D eigenvalue weighted by Crippen LogP contribution is -2.28. The van der Waals surface area contributed by atoms with Gasteiger partial charge in [-0.05, 0) is 6.42 Å². The number of rotatable bonds is 13. The Kier molecular flexibility index (Phi) is 11.9. The highest BCUT2D eigenvalue weighted by atomic mass is 16.6. The fourth-order valence-corrected chi connectivity index (χ4v) is 1.68. The summed E-state index contributed by atoms with van der Waals surface area (Å²) < 4.78 is 9.42. The van der Waals surface area contributed by atoms with Gasteiger partial charge in [-0.25, -0.2) is 4.79 Å². The van der Waals surface area contributed by atoms with Crippen molar-refractivity contribution in [1.82, 2.24) is 0 Å². The second-order valence-electron chi connectivity index (χ2n) is 5.24. The van der Waals surface area contributed by atoms with Gasteiger partial charge < -0.3 is 24.8 Å². The van der Waals surface area contributed by atoms with Crippen molar-refractivity contribution in [2.45, 2.75) is 64.1 Å². The first kappa shape index (κ1) is 21.3. The molecule has 2 atom stereocenters. The van der Waals surface area contributed by atoms with Crippen LogP contribution in [0.25, 0.3) is 0 Å². The number of ether oxygens (including phenoxy) is 2. The number of carbonyl (C=O) groups excluding carboxylic acids is 2. The second-order valence-corrected chi connectivity index (χ2v) is 5.24. The van der Waals surface area contributed by atoms with Crippen LogP contribution < -0.4 is 0 Å². The second kappa shape index (κ2) is 12.8. The molecule has 0 heterocycles. The summed E-state index contributed by atoms with van der Waals surface area (Å²) in [6, 6.07) is 0. The summed E-state index contributed by atoms with van der Waals surface area (Å²) in [5.41, 5.74) is 0. The highest BCUT2D eigenvalue weighted by Gasteiger charge is 2.19. The van der Waals surface area contributed by atoms with Crippen LogP contribution in [-0.4, -0.2) is 58.6 Å². The highest BCUT2D eigenvalue weighted by molar-refractivity contribution is 5.80. The molecule has 0 amide bonds. The molecule has 0 aromatic rings. The number of esters is 2. The molecule has 0 aliphatic heterocycles. The van der Waals surface area contributed by atoms with Crippen molar-refractivity contribution in [3.63, 3.8) is 0 Å². The minimum absolute atomic E-state index is 0.279. The Morgan fingerprint density at radius 2 is 1.48 bits per heavy atom. The SMILES string of the molecule is CCCCCCCC(=O)OCC(O)COC(=O)C[C@H](O)C(=O)O. The first-order valence-corrected chi connectivity index (χ1v) is 7.77. The fourth-order valence-electron chi connectivity index (χ4n) is 1.68. The molecule has 0 aliphatic rings. The number of aliphatic hydroxyl groups excluding tert-OH is 2. The zero-order chi connectivity index (χ0) is 17.7. The third-order valence-electron chi connectivity index (χ3n) is 3.00. The summed E-state index contributed by atoms with van der Waals surface area (Å²) in [7, 11) is 0. The van der Waals surface area contributed by atoms with E-state index in [1.54, 1.807) is 0 Å². The van der Waals surface area contributed by atoms with Crippen LogP contribution in [0.5, 0.6) is 0 Å². The molecule has 8 heteroatoms. The number of hydrogen-bond acceptors (Lipinski definition) is 7. The Hall–Kier alpha value is -1.67. The maximum Gasteiger partial charge on any atom is 0.333 e. The summed E-state index contributed by atoms with van der Waals surface area (Å²) in [6.07, 6.45) is 1.56. The van der Waals surface area contributed by atoms with Gasteiger partial charge in [-0.3, -0.25) is 9.59 Å². The molecule has 3 N–H and O–H groups in total. The van der Waals surface area contributed by atoms with E-state index in [-0.39, 0.29) is 13.0 Å². The van der Waals surface area contributed by atoms with Crippen molar-refractivity contribution in [2.75, 3.05) is 13.2 Å². The number of carboxylic acids is 1. The average Bonchev–Trinajstić information content (AvgIpc) is 2.50. The Labute approximate surface area is 135 Å². The maximum atomic E-state index is 11.4. The molecule has 23 heavy (non-hydrogen) atoms. The summed E-state index contributed by atoms with van der Waals surface area (Å²) in [5, 5.41) is 26.8. The predicted molar refractivity (Wildman–Crippen MR) is 79.6 cm³/mol. The van der Waals surface area contributed by atoms with E-state index in [0.29, 0.717) is 0 Å². The molecule has 0 spiro atoms. The molecule has 0 bridgehead atoms. The lowest BCUT2D eigenvalue weighted by Gasteiger charge is -2.12. The van der Waals surface area contributed by atoms with E-state index in [1.807, 2.05) is 0 Å². The largest absolute Gasteiger partial charge is 0.479 e. The van der Waals surface area contributed by atoms with Crippen LogP contribution in [0.2, 0.25) is 0 Å². The van der Waals surface area contributed by atoms with E-state index in [0.717, 1.165) is 32.1 Å². The molecule has 134 valence electrons. The van der Waals surface area contributed by atoms with Crippen molar-refractivity contribution < 1.29 is 39.2 Å². The van der Waals surface area contributed by atoms with Gasteiger partial charge in [-0.1, -0.05) is 32.6 Å². The number of hydrogen-bond donors (Lipinski definition) is 3. The van der Waals surface area contributed by atoms with Gasteiger partial charge in [0, 0.05) is 6.42 Å². The topological polar surface area (TPSA) is 130 Å². The number of carboxylic acid groups (broad SMARTS) is 1. The summed E-state index contributed by atoms with van der Waals surface area (Å²) in [4.78, 5) is 32.9. The molecule has 0 saturated carbocycles. The molecule has 0 rings (SSSR count). The van der Waals surface area contributed by atoms with Gasteiger partial charge >= 0.3 is 17.9 Å². The average molecular weight is 334 g/mol. The van der Waals surface area contributed by atoms with Crippen LogP contribution in [0.15, 0.2) is 0 Å². The summed E-state index contributed by atoms with van der Waals surface area (Å²) in [6.45, 7) is 1.36. The van der Waals surface area contributed by atoms with Gasteiger partial charge in [0.2, 0.25) is 0 Å². The minimum atomic E-state index is -1.84. The third kappa shape index (κ3) is 12.5. The fraction of sp³-hybridized carbons (Fsp3) is 0.800. The number of aliphatic carboxylic acids is 1. The van der Waals surface area contributed by atoms with Crippen molar-refractivity contribution in [3.05, 3.63) is 0 Å². The highest BCUT2D eigenvalue weighted by Crippen LogP contribution is 2.06. The van der Waals surface area contributed by atoms with Crippen LogP contribution in [0, 0.1) is 0 Å². The number of carbonyl (C=O) groups is 3. The molecule has 0 aliphatic carbocycles. The van der Waals surface area contributed by atoms with E-state index in [4.69, 9.17) is 14.9 Å². The van der Waals surface area contributed by atoms with Crippen molar-refractivity contribution in [3.8, 4) is 0 Å². The smallest absolute Gasteiger partial charge is 0.333 e. The van der Waals surface area contributed by atoms with Gasteiger partial charge in [0.05, 0.1) is 6.42 Å². The standard InChI is InChI=1S/C15H26O8/c1-2-3-4-5-6-7-13(18)22-9-11(16)10-23-14(19)8-12(17)15(20)21/h11-12,16-17H,2-10H2,1H3,(H,20,21)/t11?,12-/m0/s1. The first-order valence-electron chi connectivity index (χ1n) is 7.77. The van der Waals surface area contributed by atoms with E-state index < -0.39 is 43.1 Å². The van der Waals surface area contributed by atoms with Crippen molar-refractivity contribution in [2.24, 2.45) is 0 Å². The van der Waals surface area contributed by atoms with Crippen LogP contribution in [0.3, 0.4) is 0 Å². The van der Waals surface area contributed by atoms with E-state index >= 15 is 0 Å². The monoisotopic (exact) mass is 334 g/mol. The molecule has 1 unspecified atom stereocenters. The normalized spacial score (nSPS) is 13.2.